The van der Waals surface area contributed by atoms with E-state index >= 15 is 0 Å². The van der Waals surface area contributed by atoms with Gasteiger partial charge >= 0.3 is 12.1 Å². The molecule has 27 heavy (non-hydrogen) atoms. The van der Waals surface area contributed by atoms with E-state index in [2.05, 4.69) is 4.74 Å². The van der Waals surface area contributed by atoms with Crippen LogP contribution in [0.25, 0.3) is 10.8 Å². The van der Waals surface area contributed by atoms with Gasteiger partial charge in [-0.3, -0.25) is 9.59 Å². The van der Waals surface area contributed by atoms with Gasteiger partial charge in [-0.1, -0.05) is 0 Å². The quantitative estimate of drug-likeness (QED) is 0.740. The fourth-order valence-electron chi connectivity index (χ4n) is 2.74. The maximum absolute atomic E-state index is 13.6. The molecule has 0 fully saturated rings. The zero-order valence-electron chi connectivity index (χ0n) is 15.1. The SMILES string of the molecule is COC(=O)CN(C)C(=O)c1c(OC)ccc2c(C(F)(F)F)c(OC)ccc12. The summed E-state index contributed by atoms with van der Waals surface area (Å²) in [6, 6.07) is 4.99. The molecule has 0 aromatic heterocycles. The number of amides is 1. The molecule has 2 aromatic carbocycles. The average molecular weight is 385 g/mol. The topological polar surface area (TPSA) is 65.1 Å². The number of carbonyl (C=O) groups excluding carboxylic acids is 2. The van der Waals surface area contributed by atoms with E-state index in [1.165, 1.54) is 39.5 Å². The number of likely N-dealkylation sites (N-methyl/N-ethyl adjacent to an activating group) is 1. The Hall–Kier alpha value is -2.97. The minimum atomic E-state index is -4.70. The molecule has 0 N–H and O–H groups in total. The van der Waals surface area contributed by atoms with Crippen LogP contribution in [0, 0.1) is 0 Å². The van der Waals surface area contributed by atoms with Crippen molar-refractivity contribution in [3.05, 3.63) is 35.4 Å². The maximum atomic E-state index is 13.6. The molecule has 2 aromatic rings. The summed E-state index contributed by atoms with van der Waals surface area (Å²) in [5, 5.41) is -0.179. The minimum absolute atomic E-state index is 0.0317. The van der Waals surface area contributed by atoms with Crippen LogP contribution in [0.3, 0.4) is 0 Å². The standard InChI is InChI=1S/C18H18F3NO5/c1-22(9-14(23)27-4)17(24)15-10-5-8-13(26-3)16(18(19,20)21)11(10)6-7-12(15)25-2/h5-8H,9H2,1-4H3. The number of halogens is 3. The highest BCUT2D eigenvalue weighted by atomic mass is 19.4. The second-order valence-corrected chi connectivity index (χ2v) is 5.62. The Morgan fingerprint density at radius 1 is 0.963 bits per heavy atom. The Bertz CT molecular complexity index is 879. The molecule has 0 aliphatic heterocycles. The third-order valence-corrected chi connectivity index (χ3v) is 4.00. The van der Waals surface area contributed by atoms with Crippen LogP contribution in [-0.2, 0) is 15.7 Å². The fraction of sp³-hybridized carbons (Fsp3) is 0.333. The maximum Gasteiger partial charge on any atom is 0.420 e. The summed E-state index contributed by atoms with van der Waals surface area (Å²) < 4.78 is 55.3. The first kappa shape index (κ1) is 20.3. The molecule has 0 saturated carbocycles. The van der Waals surface area contributed by atoms with Crippen molar-refractivity contribution in [2.24, 2.45) is 0 Å². The first-order valence-corrected chi connectivity index (χ1v) is 7.72. The normalized spacial score (nSPS) is 11.2. The molecule has 146 valence electrons. The van der Waals surface area contributed by atoms with E-state index < -0.39 is 23.6 Å². The highest BCUT2D eigenvalue weighted by Crippen LogP contribution is 2.43. The molecule has 1 amide bonds. The Morgan fingerprint density at radius 2 is 1.52 bits per heavy atom. The molecule has 0 spiro atoms. The molecule has 0 saturated heterocycles. The predicted octanol–water partition coefficient (Wildman–Crippen LogP) is 3.12. The van der Waals surface area contributed by atoms with Gasteiger partial charge in [0.2, 0.25) is 0 Å². The molecule has 0 aliphatic rings. The third kappa shape index (κ3) is 3.91. The molecule has 9 heteroatoms. The Balaban J connectivity index is 2.75. The lowest BCUT2D eigenvalue weighted by atomic mass is 9.97. The number of hydrogen-bond donors (Lipinski definition) is 0. The molecule has 6 nitrogen and oxygen atoms in total. The van der Waals surface area contributed by atoms with Crippen molar-refractivity contribution in [1.29, 1.82) is 0 Å². The van der Waals surface area contributed by atoms with Crippen molar-refractivity contribution in [1.82, 2.24) is 4.90 Å². The number of hydrogen-bond acceptors (Lipinski definition) is 5. The number of carbonyl (C=O) groups is 2. The lowest BCUT2D eigenvalue weighted by Crippen LogP contribution is -2.33. The fourth-order valence-corrected chi connectivity index (χ4v) is 2.74. The number of alkyl halides is 3. The molecule has 0 heterocycles. The van der Waals surface area contributed by atoms with Crippen LogP contribution in [0.1, 0.15) is 15.9 Å². The lowest BCUT2D eigenvalue weighted by Gasteiger charge is -2.21. The summed E-state index contributed by atoms with van der Waals surface area (Å²) in [5.74, 6) is -1.62. The van der Waals surface area contributed by atoms with Gasteiger partial charge in [-0.25, -0.2) is 0 Å². The molecule has 0 radical (unpaired) electrons. The number of nitrogens with zero attached hydrogens (tertiary/aromatic N) is 1. The van der Waals surface area contributed by atoms with Crippen molar-refractivity contribution >= 4 is 22.6 Å². The second-order valence-electron chi connectivity index (χ2n) is 5.62. The number of benzene rings is 2. The molecule has 0 unspecified atom stereocenters. The van der Waals surface area contributed by atoms with E-state index in [0.29, 0.717) is 0 Å². The van der Waals surface area contributed by atoms with Gasteiger partial charge in [0.25, 0.3) is 5.91 Å². The first-order chi connectivity index (χ1) is 12.6. The van der Waals surface area contributed by atoms with Crippen LogP contribution in [0.2, 0.25) is 0 Å². The summed E-state index contributed by atoms with van der Waals surface area (Å²) in [6.45, 7) is -0.364. The largest absolute Gasteiger partial charge is 0.496 e. The van der Waals surface area contributed by atoms with Gasteiger partial charge in [-0.15, -0.1) is 0 Å². The van der Waals surface area contributed by atoms with E-state index in [0.717, 1.165) is 18.1 Å². The van der Waals surface area contributed by atoms with Crippen LogP contribution < -0.4 is 9.47 Å². The number of fused-ring (bicyclic) bond motifs is 1. The third-order valence-electron chi connectivity index (χ3n) is 4.00. The Labute approximate surface area is 153 Å². The highest BCUT2D eigenvalue weighted by Gasteiger charge is 2.37. The summed E-state index contributed by atoms with van der Waals surface area (Å²) >= 11 is 0. The van der Waals surface area contributed by atoms with Gasteiger partial charge in [-0.05, 0) is 35.0 Å². The van der Waals surface area contributed by atoms with E-state index in [1.54, 1.807) is 0 Å². The Kier molecular flexibility index (Phi) is 5.82. The van der Waals surface area contributed by atoms with Gasteiger partial charge in [0, 0.05) is 7.05 Å². The molecular weight excluding hydrogens is 367 g/mol. The lowest BCUT2D eigenvalue weighted by molar-refractivity contribution is -0.141. The van der Waals surface area contributed by atoms with E-state index in [1.807, 2.05) is 0 Å². The van der Waals surface area contributed by atoms with Crippen molar-refractivity contribution in [2.45, 2.75) is 6.18 Å². The molecule has 2 rings (SSSR count). The van der Waals surface area contributed by atoms with Gasteiger partial charge in [0.15, 0.2) is 0 Å². The Morgan fingerprint density at radius 3 is 2.04 bits per heavy atom. The molecule has 0 bridgehead atoms. The number of rotatable bonds is 5. The van der Waals surface area contributed by atoms with Crippen LogP contribution in [-0.4, -0.2) is 51.7 Å². The molecule has 0 aliphatic carbocycles. The van der Waals surface area contributed by atoms with Gasteiger partial charge in [-0.2, -0.15) is 13.2 Å². The van der Waals surface area contributed by atoms with Gasteiger partial charge in [0.1, 0.15) is 23.6 Å². The van der Waals surface area contributed by atoms with Crippen LogP contribution in [0.5, 0.6) is 11.5 Å². The zero-order valence-corrected chi connectivity index (χ0v) is 15.1. The minimum Gasteiger partial charge on any atom is -0.496 e. The smallest absolute Gasteiger partial charge is 0.420 e. The summed E-state index contributed by atoms with van der Waals surface area (Å²) in [5.41, 5.74) is -1.08. The average Bonchev–Trinajstić information content (AvgIpc) is 2.64. The summed E-state index contributed by atoms with van der Waals surface area (Å²) in [7, 11) is 4.94. The summed E-state index contributed by atoms with van der Waals surface area (Å²) in [6.07, 6.45) is -4.70. The van der Waals surface area contributed by atoms with Gasteiger partial charge in [0.05, 0.1) is 26.9 Å². The number of methoxy groups -OCH3 is 3. The van der Waals surface area contributed by atoms with Crippen molar-refractivity contribution in [2.75, 3.05) is 34.9 Å². The zero-order chi connectivity index (χ0) is 20.4. The number of esters is 1. The molecule has 0 atom stereocenters. The van der Waals surface area contributed by atoms with E-state index in [4.69, 9.17) is 9.47 Å². The summed E-state index contributed by atoms with van der Waals surface area (Å²) in [4.78, 5) is 25.3. The van der Waals surface area contributed by atoms with E-state index in [9.17, 15) is 22.8 Å². The van der Waals surface area contributed by atoms with Gasteiger partial charge < -0.3 is 19.1 Å². The van der Waals surface area contributed by atoms with Crippen molar-refractivity contribution < 1.29 is 37.0 Å². The monoisotopic (exact) mass is 385 g/mol. The number of ether oxygens (including phenoxy) is 3. The second kappa shape index (κ2) is 7.73. The molecular formula is C18H18F3NO5. The van der Waals surface area contributed by atoms with Crippen LogP contribution in [0.15, 0.2) is 24.3 Å². The highest BCUT2D eigenvalue weighted by molar-refractivity contribution is 6.11. The van der Waals surface area contributed by atoms with Crippen molar-refractivity contribution in [3.63, 3.8) is 0 Å². The van der Waals surface area contributed by atoms with E-state index in [-0.39, 0.29) is 34.4 Å². The van der Waals surface area contributed by atoms with Crippen LogP contribution in [0.4, 0.5) is 13.2 Å². The first-order valence-electron chi connectivity index (χ1n) is 7.72. The predicted molar refractivity (Wildman–Crippen MR) is 91.0 cm³/mol. The van der Waals surface area contributed by atoms with Crippen LogP contribution >= 0.6 is 0 Å². The van der Waals surface area contributed by atoms with Crippen molar-refractivity contribution in [3.8, 4) is 11.5 Å².